The van der Waals surface area contributed by atoms with Crippen molar-refractivity contribution in [3.8, 4) is 0 Å². The minimum atomic E-state index is -0.439. The third-order valence-electron chi connectivity index (χ3n) is 3.68. The lowest BCUT2D eigenvalue weighted by Gasteiger charge is -2.40. The van der Waals surface area contributed by atoms with Crippen LogP contribution in [0.1, 0.15) is 20.8 Å². The molecular weight excluding hydrogens is 276 g/mol. The predicted molar refractivity (Wildman–Crippen MR) is 89.2 cm³/mol. The first-order valence-corrected chi connectivity index (χ1v) is 7.64. The van der Waals surface area contributed by atoms with Crippen molar-refractivity contribution in [2.24, 2.45) is 0 Å². The maximum atomic E-state index is 11.9. The molecule has 1 saturated heterocycles. The first kappa shape index (κ1) is 14.7. The topological polar surface area (TPSA) is 41.6 Å². The fraction of sp³-hybridized carbons (Fsp3) is 0.389. The fourth-order valence-corrected chi connectivity index (χ4v) is 2.62. The van der Waals surface area contributed by atoms with E-state index in [-0.39, 0.29) is 12.1 Å². The smallest absolute Gasteiger partial charge is 0.410 e. The third kappa shape index (κ3) is 3.16. The van der Waals surface area contributed by atoms with Crippen LogP contribution in [0.3, 0.4) is 0 Å². The number of hydrogen-bond donors (Lipinski definition) is 1. The van der Waals surface area contributed by atoms with E-state index in [4.69, 9.17) is 4.74 Å². The van der Waals surface area contributed by atoms with Crippen LogP contribution in [0.15, 0.2) is 42.5 Å². The number of carbonyl (C=O) groups excluding carboxylic acids is 1. The number of rotatable bonds is 2. The number of amides is 1. The number of carbonyl (C=O) groups is 1. The minimum absolute atomic E-state index is 0.233. The Morgan fingerprint density at radius 1 is 1.14 bits per heavy atom. The first-order valence-electron chi connectivity index (χ1n) is 7.64. The Labute approximate surface area is 131 Å². The second-order valence-electron chi connectivity index (χ2n) is 6.75. The SMILES string of the molecule is CC(C)(C)OC(=O)N1CC(Nc2cccc3ccccc23)C1. The van der Waals surface area contributed by atoms with E-state index in [0.29, 0.717) is 13.1 Å². The van der Waals surface area contributed by atoms with Gasteiger partial charge in [0.15, 0.2) is 0 Å². The van der Waals surface area contributed by atoms with Gasteiger partial charge >= 0.3 is 6.09 Å². The predicted octanol–water partition coefficient (Wildman–Crippen LogP) is 3.87. The molecule has 1 aliphatic rings. The summed E-state index contributed by atoms with van der Waals surface area (Å²) < 4.78 is 5.37. The molecule has 0 spiro atoms. The van der Waals surface area contributed by atoms with Crippen LogP contribution in [0.4, 0.5) is 10.5 Å². The first-order chi connectivity index (χ1) is 10.4. The average Bonchev–Trinajstić information content (AvgIpc) is 2.40. The molecule has 2 aromatic carbocycles. The van der Waals surface area contributed by atoms with E-state index in [1.54, 1.807) is 4.90 Å². The highest BCUT2D eigenvalue weighted by Crippen LogP contribution is 2.25. The van der Waals surface area contributed by atoms with Crippen LogP contribution in [0, 0.1) is 0 Å². The van der Waals surface area contributed by atoms with Crippen molar-refractivity contribution in [2.75, 3.05) is 18.4 Å². The summed E-state index contributed by atoms with van der Waals surface area (Å²) in [5, 5.41) is 5.95. The zero-order valence-electron chi connectivity index (χ0n) is 13.3. The molecular formula is C18H22N2O2. The minimum Gasteiger partial charge on any atom is -0.444 e. The van der Waals surface area contributed by atoms with Crippen LogP contribution in [0.25, 0.3) is 10.8 Å². The van der Waals surface area contributed by atoms with Gasteiger partial charge in [0.2, 0.25) is 0 Å². The molecule has 1 heterocycles. The van der Waals surface area contributed by atoms with Gasteiger partial charge in [-0.3, -0.25) is 0 Å². The van der Waals surface area contributed by atoms with E-state index in [9.17, 15) is 4.79 Å². The molecule has 22 heavy (non-hydrogen) atoms. The van der Waals surface area contributed by atoms with Gasteiger partial charge in [-0.05, 0) is 32.2 Å². The Kier molecular flexibility index (Phi) is 3.69. The van der Waals surface area contributed by atoms with Crippen LogP contribution in [-0.2, 0) is 4.74 Å². The van der Waals surface area contributed by atoms with Gasteiger partial charge in [-0.25, -0.2) is 4.79 Å². The highest BCUT2D eigenvalue weighted by molar-refractivity contribution is 5.94. The zero-order valence-corrected chi connectivity index (χ0v) is 13.3. The average molecular weight is 298 g/mol. The van der Waals surface area contributed by atoms with Gasteiger partial charge in [-0.2, -0.15) is 0 Å². The molecule has 0 saturated carbocycles. The summed E-state index contributed by atoms with van der Waals surface area (Å²) in [5.74, 6) is 0. The molecule has 116 valence electrons. The number of anilines is 1. The van der Waals surface area contributed by atoms with E-state index in [2.05, 4.69) is 35.6 Å². The lowest BCUT2D eigenvalue weighted by molar-refractivity contribution is 0.0105. The third-order valence-corrected chi connectivity index (χ3v) is 3.68. The van der Waals surface area contributed by atoms with Crippen molar-refractivity contribution in [3.63, 3.8) is 0 Å². The van der Waals surface area contributed by atoms with Crippen LogP contribution in [0.2, 0.25) is 0 Å². The molecule has 0 aliphatic carbocycles. The number of benzene rings is 2. The van der Waals surface area contributed by atoms with Gasteiger partial charge in [-0.1, -0.05) is 36.4 Å². The Balaban J connectivity index is 1.61. The maximum Gasteiger partial charge on any atom is 0.410 e. The summed E-state index contributed by atoms with van der Waals surface area (Å²) in [6, 6.07) is 14.8. The van der Waals surface area contributed by atoms with Crippen molar-refractivity contribution in [1.82, 2.24) is 4.90 Å². The largest absolute Gasteiger partial charge is 0.444 e. The monoisotopic (exact) mass is 298 g/mol. The molecule has 4 heteroatoms. The molecule has 0 atom stereocenters. The van der Waals surface area contributed by atoms with Crippen molar-refractivity contribution < 1.29 is 9.53 Å². The van der Waals surface area contributed by atoms with Gasteiger partial charge in [0.25, 0.3) is 0 Å². The van der Waals surface area contributed by atoms with Crippen molar-refractivity contribution >= 4 is 22.6 Å². The number of fused-ring (bicyclic) bond motifs is 1. The Morgan fingerprint density at radius 3 is 2.55 bits per heavy atom. The van der Waals surface area contributed by atoms with Crippen molar-refractivity contribution in [2.45, 2.75) is 32.4 Å². The van der Waals surface area contributed by atoms with E-state index in [0.717, 1.165) is 5.69 Å². The summed E-state index contributed by atoms with van der Waals surface area (Å²) in [4.78, 5) is 13.7. The molecule has 0 radical (unpaired) electrons. The van der Waals surface area contributed by atoms with Crippen molar-refractivity contribution in [1.29, 1.82) is 0 Å². The summed E-state index contributed by atoms with van der Waals surface area (Å²) in [6.45, 7) is 7.01. The van der Waals surface area contributed by atoms with Gasteiger partial charge in [0, 0.05) is 24.2 Å². The molecule has 0 aromatic heterocycles. The Morgan fingerprint density at radius 2 is 1.82 bits per heavy atom. The highest BCUT2D eigenvalue weighted by atomic mass is 16.6. The summed E-state index contributed by atoms with van der Waals surface area (Å²) >= 11 is 0. The molecule has 4 nitrogen and oxygen atoms in total. The zero-order chi connectivity index (χ0) is 15.7. The number of nitrogens with one attached hydrogen (secondary N) is 1. The van der Waals surface area contributed by atoms with Gasteiger partial charge < -0.3 is 15.0 Å². The second-order valence-corrected chi connectivity index (χ2v) is 6.75. The standard InChI is InChI=1S/C18H22N2O2/c1-18(2,3)22-17(21)20-11-14(12-20)19-16-10-6-8-13-7-4-5-9-15(13)16/h4-10,14,19H,11-12H2,1-3H3. The fourth-order valence-electron chi connectivity index (χ4n) is 2.62. The summed E-state index contributed by atoms with van der Waals surface area (Å²) in [6.07, 6.45) is -0.233. The van der Waals surface area contributed by atoms with Gasteiger partial charge in [0.1, 0.15) is 5.60 Å². The van der Waals surface area contributed by atoms with E-state index in [1.807, 2.05) is 32.9 Å². The lowest BCUT2D eigenvalue weighted by Crippen LogP contribution is -2.57. The molecule has 2 aromatic rings. The summed E-state index contributed by atoms with van der Waals surface area (Å²) in [7, 11) is 0. The van der Waals surface area contributed by atoms with Crippen LogP contribution >= 0.6 is 0 Å². The van der Waals surface area contributed by atoms with E-state index < -0.39 is 5.60 Å². The highest BCUT2D eigenvalue weighted by Gasteiger charge is 2.33. The molecule has 1 N–H and O–H groups in total. The molecule has 0 unspecified atom stereocenters. The molecule has 1 fully saturated rings. The van der Waals surface area contributed by atoms with Crippen LogP contribution in [-0.4, -0.2) is 35.7 Å². The summed E-state index contributed by atoms with van der Waals surface area (Å²) in [5.41, 5.74) is 0.678. The number of ether oxygens (including phenoxy) is 1. The normalized spacial score (nSPS) is 15.5. The number of nitrogens with zero attached hydrogens (tertiary/aromatic N) is 1. The van der Waals surface area contributed by atoms with E-state index >= 15 is 0 Å². The molecule has 1 amide bonds. The van der Waals surface area contributed by atoms with Gasteiger partial charge in [0.05, 0.1) is 6.04 Å². The van der Waals surface area contributed by atoms with E-state index in [1.165, 1.54) is 10.8 Å². The maximum absolute atomic E-state index is 11.9. The van der Waals surface area contributed by atoms with Gasteiger partial charge in [-0.15, -0.1) is 0 Å². The Bertz CT molecular complexity index is 680. The molecule has 0 bridgehead atoms. The quantitative estimate of drug-likeness (QED) is 0.915. The van der Waals surface area contributed by atoms with Crippen LogP contribution < -0.4 is 5.32 Å². The van der Waals surface area contributed by atoms with Crippen LogP contribution in [0.5, 0.6) is 0 Å². The number of likely N-dealkylation sites (tertiary alicyclic amines) is 1. The van der Waals surface area contributed by atoms with Crippen molar-refractivity contribution in [3.05, 3.63) is 42.5 Å². The molecule has 3 rings (SSSR count). The lowest BCUT2D eigenvalue weighted by atomic mass is 10.1. The Hall–Kier alpha value is -2.23. The molecule has 1 aliphatic heterocycles. The number of hydrogen-bond acceptors (Lipinski definition) is 3. The second kappa shape index (κ2) is 5.52.